The summed E-state index contributed by atoms with van der Waals surface area (Å²) in [5.74, 6) is -0.527. The summed E-state index contributed by atoms with van der Waals surface area (Å²) in [5.41, 5.74) is 9.01. The number of nitrogens with zero attached hydrogens (tertiary/aromatic N) is 1. The van der Waals surface area contributed by atoms with Gasteiger partial charge in [0.1, 0.15) is 0 Å². The van der Waals surface area contributed by atoms with Crippen LogP contribution in [0.25, 0.3) is 17.0 Å². The SMILES string of the molecule is O=C(/C=C/c1ccc2c(c1)CCC2N(CCc1c[nH]c2ccccc12)c1ccccc1)NO. The van der Waals surface area contributed by atoms with E-state index in [0.717, 1.165) is 31.4 Å². The fourth-order valence-electron chi connectivity index (χ4n) is 4.92. The van der Waals surface area contributed by atoms with Crippen LogP contribution < -0.4 is 10.4 Å². The van der Waals surface area contributed by atoms with Crippen molar-refractivity contribution in [2.45, 2.75) is 25.3 Å². The van der Waals surface area contributed by atoms with Gasteiger partial charge in [-0.15, -0.1) is 0 Å². The molecule has 1 atom stereocenters. The molecule has 0 saturated heterocycles. The summed E-state index contributed by atoms with van der Waals surface area (Å²) in [6.07, 6.45) is 8.23. The maximum Gasteiger partial charge on any atom is 0.267 e. The van der Waals surface area contributed by atoms with Crippen molar-refractivity contribution in [2.75, 3.05) is 11.4 Å². The molecule has 33 heavy (non-hydrogen) atoms. The highest BCUT2D eigenvalue weighted by atomic mass is 16.5. The summed E-state index contributed by atoms with van der Waals surface area (Å²) < 4.78 is 0. The summed E-state index contributed by atoms with van der Waals surface area (Å²) >= 11 is 0. The van der Waals surface area contributed by atoms with Gasteiger partial charge < -0.3 is 9.88 Å². The zero-order chi connectivity index (χ0) is 22.6. The van der Waals surface area contributed by atoms with Gasteiger partial charge in [0.15, 0.2) is 0 Å². The number of hydrogen-bond acceptors (Lipinski definition) is 3. The van der Waals surface area contributed by atoms with Gasteiger partial charge in [-0.25, -0.2) is 5.48 Å². The van der Waals surface area contributed by atoms with Crippen LogP contribution in [0.2, 0.25) is 0 Å². The Kier molecular flexibility index (Phi) is 5.96. The first kappa shape index (κ1) is 21.0. The van der Waals surface area contributed by atoms with Crippen LogP contribution >= 0.6 is 0 Å². The van der Waals surface area contributed by atoms with Crippen molar-refractivity contribution in [3.8, 4) is 0 Å². The van der Waals surface area contributed by atoms with Crippen LogP contribution in [0, 0.1) is 0 Å². The van der Waals surface area contributed by atoms with Gasteiger partial charge in [0.05, 0.1) is 6.04 Å². The first-order valence-corrected chi connectivity index (χ1v) is 11.3. The van der Waals surface area contributed by atoms with Crippen molar-refractivity contribution in [2.24, 2.45) is 0 Å². The molecule has 5 rings (SSSR count). The number of aryl methyl sites for hydroxylation is 1. The molecule has 1 aliphatic rings. The van der Waals surface area contributed by atoms with Crippen LogP contribution in [-0.2, 0) is 17.6 Å². The molecule has 4 aromatic rings. The zero-order valence-electron chi connectivity index (χ0n) is 18.4. The van der Waals surface area contributed by atoms with E-state index < -0.39 is 5.91 Å². The number of rotatable bonds is 7. The van der Waals surface area contributed by atoms with Gasteiger partial charge in [-0.3, -0.25) is 10.0 Å². The van der Waals surface area contributed by atoms with Gasteiger partial charge in [0, 0.05) is 35.4 Å². The number of benzene rings is 3. The Labute approximate surface area is 193 Å². The van der Waals surface area contributed by atoms with E-state index in [-0.39, 0.29) is 0 Å². The third-order valence-electron chi connectivity index (χ3n) is 6.51. The van der Waals surface area contributed by atoms with Crippen molar-refractivity contribution < 1.29 is 10.0 Å². The molecule has 3 N–H and O–H groups in total. The number of carbonyl (C=O) groups is 1. The van der Waals surface area contributed by atoms with Crippen molar-refractivity contribution in [1.82, 2.24) is 10.5 Å². The molecule has 0 aliphatic heterocycles. The number of para-hydroxylation sites is 2. The molecule has 1 aromatic heterocycles. The van der Waals surface area contributed by atoms with Crippen LogP contribution in [0.5, 0.6) is 0 Å². The van der Waals surface area contributed by atoms with E-state index in [0.29, 0.717) is 6.04 Å². The predicted octanol–water partition coefficient (Wildman–Crippen LogP) is 5.42. The molecule has 0 saturated carbocycles. The molecular formula is C28H27N3O2. The Bertz CT molecular complexity index is 1290. The van der Waals surface area contributed by atoms with Gasteiger partial charge in [-0.05, 0) is 65.8 Å². The van der Waals surface area contributed by atoms with E-state index in [9.17, 15) is 4.79 Å². The van der Waals surface area contributed by atoms with Crippen molar-refractivity contribution >= 4 is 28.6 Å². The first-order chi connectivity index (χ1) is 16.2. The Morgan fingerprint density at radius 1 is 1.09 bits per heavy atom. The molecule has 166 valence electrons. The zero-order valence-corrected chi connectivity index (χ0v) is 18.4. The average molecular weight is 438 g/mol. The molecule has 3 aromatic carbocycles. The van der Waals surface area contributed by atoms with E-state index in [1.165, 1.54) is 39.4 Å². The van der Waals surface area contributed by atoms with E-state index in [4.69, 9.17) is 5.21 Å². The van der Waals surface area contributed by atoms with E-state index in [1.807, 2.05) is 6.07 Å². The lowest BCUT2D eigenvalue weighted by Crippen LogP contribution is -2.29. The third-order valence-corrected chi connectivity index (χ3v) is 6.51. The molecule has 1 aliphatic carbocycles. The topological polar surface area (TPSA) is 68.4 Å². The van der Waals surface area contributed by atoms with E-state index in [2.05, 4.69) is 82.8 Å². The maximum atomic E-state index is 11.3. The summed E-state index contributed by atoms with van der Waals surface area (Å²) in [5, 5.41) is 9.98. The number of hydrogen-bond donors (Lipinski definition) is 3. The number of hydroxylamine groups is 1. The Balaban J connectivity index is 1.41. The third kappa shape index (κ3) is 4.41. The maximum absolute atomic E-state index is 11.3. The van der Waals surface area contributed by atoms with Gasteiger partial charge in [0.25, 0.3) is 5.91 Å². The molecule has 5 heteroatoms. The summed E-state index contributed by atoms with van der Waals surface area (Å²) in [4.78, 5) is 17.2. The van der Waals surface area contributed by atoms with Crippen LogP contribution in [-0.4, -0.2) is 22.6 Å². The monoisotopic (exact) mass is 437 g/mol. The normalized spacial score (nSPS) is 15.1. The van der Waals surface area contributed by atoms with Gasteiger partial charge >= 0.3 is 0 Å². The molecule has 1 heterocycles. The molecule has 0 spiro atoms. The minimum absolute atomic E-state index is 0.311. The number of amides is 1. The summed E-state index contributed by atoms with van der Waals surface area (Å²) in [6.45, 7) is 0.925. The number of H-pyrrole nitrogens is 1. The summed E-state index contributed by atoms with van der Waals surface area (Å²) in [7, 11) is 0. The second-order valence-electron chi connectivity index (χ2n) is 8.46. The Hall–Kier alpha value is -3.83. The quantitative estimate of drug-likeness (QED) is 0.205. The molecule has 0 fully saturated rings. The Morgan fingerprint density at radius 3 is 2.76 bits per heavy atom. The molecule has 0 radical (unpaired) electrons. The van der Waals surface area contributed by atoms with E-state index >= 15 is 0 Å². The van der Waals surface area contributed by atoms with Gasteiger partial charge in [0.2, 0.25) is 0 Å². The average Bonchev–Trinajstić information content (AvgIpc) is 3.47. The number of aromatic amines is 1. The highest BCUT2D eigenvalue weighted by Gasteiger charge is 2.28. The van der Waals surface area contributed by atoms with Crippen molar-refractivity contribution in [3.05, 3.63) is 107 Å². The van der Waals surface area contributed by atoms with Crippen LogP contribution in [0.3, 0.4) is 0 Å². The van der Waals surface area contributed by atoms with Crippen LogP contribution in [0.4, 0.5) is 5.69 Å². The minimum atomic E-state index is -0.527. The molecular weight excluding hydrogens is 410 g/mol. The number of aromatic nitrogens is 1. The smallest absolute Gasteiger partial charge is 0.267 e. The molecule has 0 bridgehead atoms. The van der Waals surface area contributed by atoms with Gasteiger partial charge in [-0.1, -0.05) is 54.6 Å². The van der Waals surface area contributed by atoms with Crippen molar-refractivity contribution in [1.29, 1.82) is 0 Å². The lowest BCUT2D eigenvalue weighted by atomic mass is 10.0. The van der Waals surface area contributed by atoms with Gasteiger partial charge in [-0.2, -0.15) is 0 Å². The number of nitrogens with one attached hydrogen (secondary N) is 2. The second-order valence-corrected chi connectivity index (χ2v) is 8.46. The fourth-order valence-corrected chi connectivity index (χ4v) is 4.92. The summed E-state index contributed by atoms with van der Waals surface area (Å²) in [6, 6.07) is 25.8. The molecule has 5 nitrogen and oxygen atoms in total. The predicted molar refractivity (Wildman–Crippen MR) is 132 cm³/mol. The second kappa shape index (κ2) is 9.35. The van der Waals surface area contributed by atoms with Crippen LogP contribution in [0.15, 0.2) is 85.1 Å². The fraction of sp³-hybridized carbons (Fsp3) is 0.179. The highest BCUT2D eigenvalue weighted by molar-refractivity contribution is 5.90. The van der Waals surface area contributed by atoms with E-state index in [1.54, 1.807) is 11.6 Å². The lowest BCUT2D eigenvalue weighted by Gasteiger charge is -2.32. The number of fused-ring (bicyclic) bond motifs is 2. The minimum Gasteiger partial charge on any atom is -0.364 e. The molecule has 1 amide bonds. The standard InChI is InChI=1S/C28H27N3O2/c32-28(30-33)15-11-20-10-13-25-21(18-20)12-14-27(25)31(23-6-2-1-3-7-23)17-16-22-19-29-26-9-5-4-8-24(22)26/h1-11,13,15,18-19,27,29,33H,12,14,16-17H2,(H,30,32)/b15-11+. The highest BCUT2D eigenvalue weighted by Crippen LogP contribution is 2.39. The first-order valence-electron chi connectivity index (χ1n) is 11.3. The Morgan fingerprint density at radius 2 is 1.91 bits per heavy atom. The van der Waals surface area contributed by atoms with Crippen LogP contribution in [0.1, 0.15) is 34.7 Å². The number of carbonyl (C=O) groups excluding carboxylic acids is 1. The lowest BCUT2D eigenvalue weighted by molar-refractivity contribution is -0.124. The largest absolute Gasteiger partial charge is 0.364 e. The number of anilines is 1. The van der Waals surface area contributed by atoms with Crippen molar-refractivity contribution in [3.63, 3.8) is 0 Å². The molecule has 1 unspecified atom stereocenters.